The second-order valence-electron chi connectivity index (χ2n) is 3.12. The van der Waals surface area contributed by atoms with Gasteiger partial charge in [0.05, 0.1) is 6.61 Å². The van der Waals surface area contributed by atoms with Crippen LogP contribution in [0.2, 0.25) is 0 Å². The molecule has 0 saturated heterocycles. The molecule has 0 fully saturated rings. The maximum Gasteiger partial charge on any atom is 0.168 e. The van der Waals surface area contributed by atoms with Gasteiger partial charge in [-0.3, -0.25) is 0 Å². The van der Waals surface area contributed by atoms with Gasteiger partial charge in [-0.15, -0.1) is 6.58 Å². The first-order valence-corrected chi connectivity index (χ1v) is 4.74. The van der Waals surface area contributed by atoms with Crippen LogP contribution in [0.15, 0.2) is 30.9 Å². The van der Waals surface area contributed by atoms with Crippen LogP contribution < -0.4 is 4.74 Å². The molecule has 0 aromatic heterocycles. The lowest BCUT2D eigenvalue weighted by atomic mass is 10.0. The van der Waals surface area contributed by atoms with E-state index in [0.29, 0.717) is 17.9 Å². The Balaban J connectivity index is 3.06. The molecule has 14 heavy (non-hydrogen) atoms. The minimum absolute atomic E-state index is 0.00964. The quantitative estimate of drug-likeness (QED) is 0.666. The average molecular weight is 194 g/mol. The lowest BCUT2D eigenvalue weighted by Crippen LogP contribution is -1.99. The number of hydrogen-bond acceptors (Lipinski definition) is 1. The van der Waals surface area contributed by atoms with Crippen molar-refractivity contribution in [1.82, 2.24) is 0 Å². The molecule has 76 valence electrons. The molecule has 0 N–H and O–H groups in total. The highest BCUT2D eigenvalue weighted by Gasteiger charge is 2.11. The highest BCUT2D eigenvalue weighted by Crippen LogP contribution is 2.26. The average Bonchev–Trinajstić information content (AvgIpc) is 2.20. The third-order valence-electron chi connectivity index (χ3n) is 2.14. The first-order chi connectivity index (χ1) is 6.70. The van der Waals surface area contributed by atoms with Gasteiger partial charge in [-0.25, -0.2) is 4.39 Å². The van der Waals surface area contributed by atoms with E-state index in [0.717, 1.165) is 0 Å². The molecule has 1 rings (SSSR count). The summed E-state index contributed by atoms with van der Waals surface area (Å²) in [5.74, 6) is 0.0517. The van der Waals surface area contributed by atoms with Crippen molar-refractivity contribution in [1.29, 1.82) is 0 Å². The molecule has 1 aromatic rings. The lowest BCUT2D eigenvalue weighted by molar-refractivity contribution is 0.320. The summed E-state index contributed by atoms with van der Waals surface area (Å²) in [5, 5.41) is 0. The Labute approximate surface area is 84.2 Å². The van der Waals surface area contributed by atoms with Crippen molar-refractivity contribution < 1.29 is 9.13 Å². The molecule has 0 amide bonds. The zero-order chi connectivity index (χ0) is 10.6. The predicted octanol–water partition coefficient (Wildman–Crippen LogP) is 3.51. The molecule has 0 aliphatic carbocycles. The van der Waals surface area contributed by atoms with Gasteiger partial charge in [0.2, 0.25) is 0 Å². The summed E-state index contributed by atoms with van der Waals surface area (Å²) in [7, 11) is 0. The van der Waals surface area contributed by atoms with Crippen molar-refractivity contribution in [2.75, 3.05) is 6.61 Å². The fraction of sp³-hybridized carbons (Fsp3) is 0.333. The van der Waals surface area contributed by atoms with Gasteiger partial charge in [0.15, 0.2) is 11.6 Å². The van der Waals surface area contributed by atoms with Gasteiger partial charge < -0.3 is 4.74 Å². The molecule has 0 radical (unpaired) electrons. The molecule has 1 atom stereocenters. The Morgan fingerprint density at radius 1 is 1.57 bits per heavy atom. The number of halogens is 1. The molecule has 1 aromatic carbocycles. The van der Waals surface area contributed by atoms with Crippen molar-refractivity contribution in [2.24, 2.45) is 0 Å². The van der Waals surface area contributed by atoms with Crippen LogP contribution in [0.25, 0.3) is 0 Å². The minimum atomic E-state index is -0.276. The van der Waals surface area contributed by atoms with Crippen LogP contribution in [-0.4, -0.2) is 6.61 Å². The van der Waals surface area contributed by atoms with Crippen LogP contribution in [0.3, 0.4) is 0 Å². The molecular formula is C12H15FO. The van der Waals surface area contributed by atoms with Crippen LogP contribution >= 0.6 is 0 Å². The van der Waals surface area contributed by atoms with E-state index in [-0.39, 0.29) is 11.7 Å². The maximum absolute atomic E-state index is 13.7. The Kier molecular flexibility index (Phi) is 3.69. The summed E-state index contributed by atoms with van der Waals surface area (Å²) in [4.78, 5) is 0. The Bertz CT molecular complexity index is 320. The van der Waals surface area contributed by atoms with Crippen LogP contribution in [0, 0.1) is 5.82 Å². The first kappa shape index (κ1) is 10.8. The molecule has 1 nitrogen and oxygen atoms in total. The Morgan fingerprint density at radius 3 is 2.86 bits per heavy atom. The minimum Gasteiger partial charge on any atom is -0.491 e. The van der Waals surface area contributed by atoms with Crippen molar-refractivity contribution in [3.8, 4) is 5.75 Å². The number of ether oxygens (including phenoxy) is 1. The molecule has 0 bridgehead atoms. The molecule has 0 saturated carbocycles. The van der Waals surface area contributed by atoms with Crippen LogP contribution in [-0.2, 0) is 0 Å². The Hall–Kier alpha value is -1.31. The van der Waals surface area contributed by atoms with Gasteiger partial charge in [-0.2, -0.15) is 0 Å². The second-order valence-corrected chi connectivity index (χ2v) is 3.12. The largest absolute Gasteiger partial charge is 0.491 e. The topological polar surface area (TPSA) is 9.23 Å². The monoisotopic (exact) mass is 194 g/mol. The van der Waals surface area contributed by atoms with Gasteiger partial charge in [-0.1, -0.05) is 25.1 Å². The molecule has 0 heterocycles. The van der Waals surface area contributed by atoms with E-state index in [4.69, 9.17) is 4.74 Å². The van der Waals surface area contributed by atoms with Crippen LogP contribution in [0.5, 0.6) is 5.75 Å². The van der Waals surface area contributed by atoms with Crippen molar-refractivity contribution >= 4 is 0 Å². The van der Waals surface area contributed by atoms with E-state index in [1.807, 2.05) is 13.8 Å². The fourth-order valence-corrected chi connectivity index (χ4v) is 1.27. The summed E-state index contributed by atoms with van der Waals surface area (Å²) in [6, 6.07) is 5.19. The fourth-order valence-electron chi connectivity index (χ4n) is 1.27. The molecule has 0 spiro atoms. The zero-order valence-corrected chi connectivity index (χ0v) is 8.59. The zero-order valence-electron chi connectivity index (χ0n) is 8.59. The third kappa shape index (κ3) is 2.13. The lowest BCUT2D eigenvalue weighted by Gasteiger charge is -2.11. The van der Waals surface area contributed by atoms with Crippen LogP contribution in [0.1, 0.15) is 25.3 Å². The standard InChI is InChI=1S/C12H15FO/c1-4-9(3)10-7-6-8-11(12(10)13)14-5-2/h4,6-9H,1,5H2,2-3H3. The molecule has 2 heteroatoms. The number of allylic oxidation sites excluding steroid dienone is 1. The van der Waals surface area contributed by atoms with E-state index in [2.05, 4.69) is 6.58 Å². The highest BCUT2D eigenvalue weighted by molar-refractivity contribution is 5.34. The van der Waals surface area contributed by atoms with E-state index in [1.165, 1.54) is 0 Å². The van der Waals surface area contributed by atoms with Gasteiger partial charge >= 0.3 is 0 Å². The predicted molar refractivity (Wildman–Crippen MR) is 56.2 cm³/mol. The van der Waals surface area contributed by atoms with Crippen molar-refractivity contribution in [3.05, 3.63) is 42.2 Å². The number of rotatable bonds is 4. The summed E-state index contributed by atoms with van der Waals surface area (Å²) in [6.07, 6.45) is 1.72. The maximum atomic E-state index is 13.7. The second kappa shape index (κ2) is 4.80. The smallest absolute Gasteiger partial charge is 0.168 e. The summed E-state index contributed by atoms with van der Waals surface area (Å²) < 4.78 is 18.9. The summed E-state index contributed by atoms with van der Waals surface area (Å²) >= 11 is 0. The Morgan fingerprint density at radius 2 is 2.29 bits per heavy atom. The SMILES string of the molecule is C=CC(C)c1cccc(OCC)c1F. The van der Waals surface area contributed by atoms with E-state index >= 15 is 0 Å². The van der Waals surface area contributed by atoms with E-state index < -0.39 is 0 Å². The molecule has 1 unspecified atom stereocenters. The summed E-state index contributed by atoms with van der Waals surface area (Å²) in [6.45, 7) is 7.86. The van der Waals surface area contributed by atoms with Crippen molar-refractivity contribution in [2.45, 2.75) is 19.8 Å². The van der Waals surface area contributed by atoms with Gasteiger partial charge in [0, 0.05) is 5.92 Å². The van der Waals surface area contributed by atoms with E-state index in [1.54, 1.807) is 24.3 Å². The number of benzene rings is 1. The molecule has 0 aliphatic heterocycles. The number of hydrogen-bond donors (Lipinski definition) is 0. The third-order valence-corrected chi connectivity index (χ3v) is 2.14. The normalized spacial score (nSPS) is 12.2. The molecular weight excluding hydrogens is 179 g/mol. The highest BCUT2D eigenvalue weighted by atomic mass is 19.1. The van der Waals surface area contributed by atoms with Gasteiger partial charge in [-0.05, 0) is 18.6 Å². The first-order valence-electron chi connectivity index (χ1n) is 4.74. The van der Waals surface area contributed by atoms with Gasteiger partial charge in [0.25, 0.3) is 0 Å². The van der Waals surface area contributed by atoms with Crippen molar-refractivity contribution in [3.63, 3.8) is 0 Å². The van der Waals surface area contributed by atoms with Crippen LogP contribution in [0.4, 0.5) is 4.39 Å². The van der Waals surface area contributed by atoms with Gasteiger partial charge in [0.1, 0.15) is 0 Å². The van der Waals surface area contributed by atoms with E-state index in [9.17, 15) is 4.39 Å². The summed E-state index contributed by atoms with van der Waals surface area (Å²) in [5.41, 5.74) is 0.631. The molecule has 0 aliphatic rings.